The van der Waals surface area contributed by atoms with Gasteiger partial charge in [0.2, 0.25) is 0 Å². The minimum atomic E-state index is -0.325. The summed E-state index contributed by atoms with van der Waals surface area (Å²) in [6, 6.07) is 0. The quantitative estimate of drug-likeness (QED) is 0.577. The van der Waals surface area contributed by atoms with Gasteiger partial charge in [0.15, 0.2) is 0 Å². The van der Waals surface area contributed by atoms with E-state index in [1.54, 1.807) is 0 Å². The minimum absolute atomic E-state index is 0.263. The first-order valence-corrected chi connectivity index (χ1v) is 5.99. The molecular formula is C10H17BrO3. The van der Waals surface area contributed by atoms with Gasteiger partial charge in [0.1, 0.15) is 4.83 Å². The molecule has 1 rings (SSSR count). The van der Waals surface area contributed by atoms with E-state index >= 15 is 0 Å². The Morgan fingerprint density at radius 1 is 1.43 bits per heavy atom. The maximum absolute atomic E-state index is 11.0. The second-order valence-corrected chi connectivity index (χ2v) is 4.69. The molecule has 1 unspecified atom stereocenters. The van der Waals surface area contributed by atoms with E-state index in [4.69, 9.17) is 4.74 Å². The molecule has 0 spiro atoms. The number of carbonyl (C=O) groups excluding carboxylic acids is 1. The highest BCUT2D eigenvalue weighted by atomic mass is 79.9. The summed E-state index contributed by atoms with van der Waals surface area (Å²) in [7, 11) is 1.39. The maximum atomic E-state index is 11.0. The van der Waals surface area contributed by atoms with Crippen molar-refractivity contribution in [1.29, 1.82) is 0 Å². The average molecular weight is 265 g/mol. The Morgan fingerprint density at radius 2 is 2.07 bits per heavy atom. The monoisotopic (exact) mass is 264 g/mol. The van der Waals surface area contributed by atoms with Gasteiger partial charge in [0.05, 0.1) is 19.8 Å². The molecule has 1 atom stereocenters. The zero-order valence-corrected chi connectivity index (χ0v) is 10.1. The first kappa shape index (κ1) is 12.0. The van der Waals surface area contributed by atoms with E-state index in [2.05, 4.69) is 20.7 Å². The summed E-state index contributed by atoms with van der Waals surface area (Å²) in [5.41, 5.74) is 0. The number of ether oxygens (including phenoxy) is 2. The van der Waals surface area contributed by atoms with E-state index in [1.807, 2.05) is 0 Å². The summed E-state index contributed by atoms with van der Waals surface area (Å²) in [4.78, 5) is 10.7. The van der Waals surface area contributed by atoms with Crippen LogP contribution in [0.4, 0.5) is 0 Å². The fraction of sp³-hybridized carbons (Fsp3) is 0.900. The fourth-order valence-corrected chi connectivity index (χ4v) is 1.99. The number of methoxy groups -OCH3 is 1. The SMILES string of the molecule is COC(=O)C(Br)COC1CCCCC1. The summed E-state index contributed by atoms with van der Waals surface area (Å²) >= 11 is 3.23. The minimum Gasteiger partial charge on any atom is -0.468 e. The van der Waals surface area contributed by atoms with Crippen LogP contribution >= 0.6 is 15.9 Å². The second kappa shape index (κ2) is 6.40. The van der Waals surface area contributed by atoms with Crippen molar-refractivity contribution < 1.29 is 14.3 Å². The van der Waals surface area contributed by atoms with Gasteiger partial charge in [-0.05, 0) is 12.8 Å². The zero-order valence-electron chi connectivity index (χ0n) is 8.50. The first-order valence-electron chi connectivity index (χ1n) is 5.07. The van der Waals surface area contributed by atoms with Crippen molar-refractivity contribution in [2.75, 3.05) is 13.7 Å². The van der Waals surface area contributed by atoms with E-state index < -0.39 is 0 Å². The number of hydrogen-bond acceptors (Lipinski definition) is 3. The normalized spacial score (nSPS) is 20.4. The molecule has 0 radical (unpaired) electrons. The first-order chi connectivity index (χ1) is 6.74. The molecule has 1 fully saturated rings. The van der Waals surface area contributed by atoms with Crippen LogP contribution in [0.5, 0.6) is 0 Å². The topological polar surface area (TPSA) is 35.5 Å². The average Bonchev–Trinajstić information content (AvgIpc) is 2.26. The van der Waals surface area contributed by atoms with Crippen LogP contribution in [0, 0.1) is 0 Å². The predicted octanol–water partition coefficient (Wildman–Crippen LogP) is 2.27. The number of alkyl halides is 1. The largest absolute Gasteiger partial charge is 0.468 e. The van der Waals surface area contributed by atoms with Crippen molar-refractivity contribution in [3.05, 3.63) is 0 Å². The lowest BCUT2D eigenvalue weighted by atomic mass is 9.98. The van der Waals surface area contributed by atoms with Crippen LogP contribution in [0.1, 0.15) is 32.1 Å². The van der Waals surface area contributed by atoms with Crippen LogP contribution in [-0.4, -0.2) is 30.6 Å². The van der Waals surface area contributed by atoms with Gasteiger partial charge in [-0.2, -0.15) is 0 Å². The summed E-state index contributed by atoms with van der Waals surface area (Å²) in [6.07, 6.45) is 6.40. The van der Waals surface area contributed by atoms with E-state index in [1.165, 1.54) is 26.4 Å². The molecule has 82 valence electrons. The molecule has 0 aromatic rings. The molecule has 0 N–H and O–H groups in total. The molecular weight excluding hydrogens is 248 g/mol. The highest BCUT2D eigenvalue weighted by molar-refractivity contribution is 9.10. The van der Waals surface area contributed by atoms with Crippen LogP contribution in [0.2, 0.25) is 0 Å². The Morgan fingerprint density at radius 3 is 2.64 bits per heavy atom. The van der Waals surface area contributed by atoms with Crippen molar-refractivity contribution >= 4 is 21.9 Å². The molecule has 0 aliphatic heterocycles. The smallest absolute Gasteiger partial charge is 0.321 e. The number of halogens is 1. The molecule has 14 heavy (non-hydrogen) atoms. The second-order valence-electron chi connectivity index (χ2n) is 3.58. The van der Waals surface area contributed by atoms with E-state index in [0.717, 1.165) is 12.8 Å². The van der Waals surface area contributed by atoms with E-state index in [-0.39, 0.29) is 10.8 Å². The van der Waals surface area contributed by atoms with Crippen molar-refractivity contribution in [1.82, 2.24) is 0 Å². The van der Waals surface area contributed by atoms with Crippen molar-refractivity contribution in [3.8, 4) is 0 Å². The third-order valence-corrected chi connectivity index (χ3v) is 3.13. The molecule has 1 aliphatic rings. The van der Waals surface area contributed by atoms with Crippen LogP contribution in [0.3, 0.4) is 0 Å². The lowest BCUT2D eigenvalue weighted by molar-refractivity contribution is -0.141. The van der Waals surface area contributed by atoms with Crippen molar-refractivity contribution in [3.63, 3.8) is 0 Å². The number of esters is 1. The summed E-state index contributed by atoms with van der Waals surface area (Å²) in [5, 5.41) is 0. The Hall–Kier alpha value is -0.0900. The van der Waals surface area contributed by atoms with E-state index in [0.29, 0.717) is 12.7 Å². The van der Waals surface area contributed by atoms with Gasteiger partial charge in [-0.25, -0.2) is 0 Å². The molecule has 0 saturated heterocycles. The Kier molecular flexibility index (Phi) is 5.48. The molecule has 1 aliphatic carbocycles. The fourth-order valence-electron chi connectivity index (χ4n) is 1.65. The van der Waals surface area contributed by atoms with Gasteiger partial charge in [0, 0.05) is 0 Å². The maximum Gasteiger partial charge on any atom is 0.321 e. The van der Waals surface area contributed by atoms with Gasteiger partial charge in [-0.3, -0.25) is 4.79 Å². The molecule has 0 aromatic carbocycles. The highest BCUT2D eigenvalue weighted by Gasteiger charge is 2.19. The van der Waals surface area contributed by atoms with Crippen LogP contribution in [-0.2, 0) is 14.3 Å². The molecule has 0 amide bonds. The Balaban J connectivity index is 2.15. The summed E-state index contributed by atoms with van der Waals surface area (Å²) < 4.78 is 10.2. The Labute approximate surface area is 93.3 Å². The number of rotatable bonds is 4. The lowest BCUT2D eigenvalue weighted by Gasteiger charge is -2.22. The van der Waals surface area contributed by atoms with Gasteiger partial charge in [-0.15, -0.1) is 0 Å². The summed E-state index contributed by atoms with van der Waals surface area (Å²) in [5.74, 6) is -0.263. The molecule has 4 heteroatoms. The van der Waals surface area contributed by atoms with E-state index in [9.17, 15) is 4.79 Å². The standard InChI is InChI=1S/C10H17BrO3/c1-13-10(12)9(11)7-14-8-5-3-2-4-6-8/h8-9H,2-7H2,1H3. The van der Waals surface area contributed by atoms with Gasteiger partial charge in [-0.1, -0.05) is 35.2 Å². The third-order valence-electron chi connectivity index (χ3n) is 2.49. The van der Waals surface area contributed by atoms with Crippen LogP contribution < -0.4 is 0 Å². The van der Waals surface area contributed by atoms with Crippen molar-refractivity contribution in [2.45, 2.75) is 43.0 Å². The number of carbonyl (C=O) groups is 1. The highest BCUT2D eigenvalue weighted by Crippen LogP contribution is 2.20. The Bertz CT molecular complexity index is 178. The van der Waals surface area contributed by atoms with Gasteiger partial charge < -0.3 is 9.47 Å². The lowest BCUT2D eigenvalue weighted by Crippen LogP contribution is -2.26. The van der Waals surface area contributed by atoms with Crippen LogP contribution in [0.25, 0.3) is 0 Å². The van der Waals surface area contributed by atoms with Gasteiger partial charge in [0.25, 0.3) is 0 Å². The molecule has 3 nitrogen and oxygen atoms in total. The molecule has 0 heterocycles. The van der Waals surface area contributed by atoms with Crippen molar-refractivity contribution in [2.24, 2.45) is 0 Å². The summed E-state index contributed by atoms with van der Waals surface area (Å²) in [6.45, 7) is 0.414. The van der Waals surface area contributed by atoms with Crippen LogP contribution in [0.15, 0.2) is 0 Å². The molecule has 1 saturated carbocycles. The predicted molar refractivity (Wildman–Crippen MR) is 57.6 cm³/mol. The molecule has 0 bridgehead atoms. The molecule has 0 aromatic heterocycles. The zero-order chi connectivity index (χ0) is 10.4. The third kappa shape index (κ3) is 3.96. The van der Waals surface area contributed by atoms with Gasteiger partial charge >= 0.3 is 5.97 Å². The number of hydrogen-bond donors (Lipinski definition) is 0.